The number of rotatable bonds is 10. The number of ether oxygens (including phenoxy) is 2. The van der Waals surface area contributed by atoms with E-state index in [0.29, 0.717) is 28.7 Å². The smallest absolute Gasteiger partial charge is 0.325 e. The summed E-state index contributed by atoms with van der Waals surface area (Å²) in [6.07, 6.45) is 1.52. The average molecular weight is 635 g/mol. The summed E-state index contributed by atoms with van der Waals surface area (Å²) in [6, 6.07) is 23.9. The first-order chi connectivity index (χ1) is 22.5. The Balaban J connectivity index is 1.32. The van der Waals surface area contributed by atoms with Crippen molar-refractivity contribution in [2.24, 2.45) is 0 Å². The molecule has 2 heterocycles. The molecular weight excluding hydrogens is 596 g/mol. The molecule has 11 heteroatoms. The van der Waals surface area contributed by atoms with Gasteiger partial charge in [0.2, 0.25) is 5.91 Å². The van der Waals surface area contributed by atoms with Crippen molar-refractivity contribution >= 4 is 40.2 Å². The maximum Gasteiger partial charge on any atom is 0.325 e. The fourth-order valence-electron chi connectivity index (χ4n) is 4.81. The molecule has 0 saturated heterocycles. The Bertz CT molecular complexity index is 1910. The van der Waals surface area contributed by atoms with E-state index in [1.807, 2.05) is 61.5 Å². The van der Waals surface area contributed by atoms with E-state index in [1.165, 1.54) is 0 Å². The van der Waals surface area contributed by atoms with Gasteiger partial charge in [-0.3, -0.25) is 19.9 Å². The number of anilines is 2. The van der Waals surface area contributed by atoms with Crippen LogP contribution in [0.3, 0.4) is 0 Å². The predicted molar refractivity (Wildman–Crippen MR) is 181 cm³/mol. The number of hydrogen-bond donors (Lipinski definition) is 3. The summed E-state index contributed by atoms with van der Waals surface area (Å²) in [7, 11) is 0. The molecule has 0 bridgehead atoms. The number of pyridine rings is 1. The maximum atomic E-state index is 13.4. The SMILES string of the molecule is CCOC(=O)CNC(=O)Cc1cc(Oc2ccc(NC(=O)Nc3cc(C(C)(C)C)nn3-c3ccc(C)cc3)c3ccccc23)ccn1. The van der Waals surface area contributed by atoms with Crippen molar-refractivity contribution < 1.29 is 23.9 Å². The zero-order chi connectivity index (χ0) is 33.6. The molecule has 0 aliphatic carbocycles. The van der Waals surface area contributed by atoms with Crippen molar-refractivity contribution in [2.75, 3.05) is 23.8 Å². The van der Waals surface area contributed by atoms with E-state index < -0.39 is 12.0 Å². The van der Waals surface area contributed by atoms with Crippen molar-refractivity contribution in [1.29, 1.82) is 0 Å². The van der Waals surface area contributed by atoms with E-state index in [1.54, 1.807) is 42.1 Å². The van der Waals surface area contributed by atoms with Gasteiger partial charge in [-0.1, -0.05) is 62.7 Å². The Morgan fingerprint density at radius 2 is 1.64 bits per heavy atom. The Hall–Kier alpha value is -5.71. The van der Waals surface area contributed by atoms with Crippen LogP contribution in [0.4, 0.5) is 16.3 Å². The number of esters is 1. The maximum absolute atomic E-state index is 13.4. The van der Waals surface area contributed by atoms with Crippen LogP contribution in [-0.2, 0) is 26.2 Å². The summed E-state index contributed by atoms with van der Waals surface area (Å²) in [5.41, 5.74) is 3.66. The van der Waals surface area contributed by atoms with E-state index in [4.69, 9.17) is 14.6 Å². The van der Waals surface area contributed by atoms with Crippen LogP contribution < -0.4 is 20.7 Å². The second-order valence-corrected chi connectivity index (χ2v) is 12.0. The molecule has 0 aliphatic rings. The number of carbonyl (C=O) groups excluding carboxylic acids is 3. The molecule has 0 spiro atoms. The van der Waals surface area contributed by atoms with E-state index in [-0.39, 0.29) is 30.9 Å². The fourth-order valence-corrected chi connectivity index (χ4v) is 4.81. The van der Waals surface area contributed by atoms with Crippen LogP contribution in [0.1, 0.15) is 44.6 Å². The van der Waals surface area contributed by atoms with Crippen molar-refractivity contribution in [3.8, 4) is 17.2 Å². The first-order valence-electron chi connectivity index (χ1n) is 15.3. The van der Waals surface area contributed by atoms with Crippen LogP contribution in [-0.4, -0.2) is 45.8 Å². The number of urea groups is 1. The number of aromatic nitrogens is 3. The second kappa shape index (κ2) is 14.2. The molecule has 242 valence electrons. The lowest BCUT2D eigenvalue weighted by molar-refractivity contribution is -0.143. The van der Waals surface area contributed by atoms with Crippen LogP contribution in [0.5, 0.6) is 11.5 Å². The number of aryl methyl sites for hydroxylation is 1. The van der Waals surface area contributed by atoms with E-state index in [2.05, 4.69) is 41.7 Å². The van der Waals surface area contributed by atoms with Gasteiger partial charge in [-0.25, -0.2) is 9.48 Å². The highest BCUT2D eigenvalue weighted by Crippen LogP contribution is 2.35. The van der Waals surface area contributed by atoms with Crippen LogP contribution in [0.25, 0.3) is 16.5 Å². The minimum atomic E-state index is -0.503. The zero-order valence-electron chi connectivity index (χ0n) is 27.1. The van der Waals surface area contributed by atoms with Gasteiger partial charge < -0.3 is 20.1 Å². The number of carbonyl (C=O) groups is 3. The monoisotopic (exact) mass is 634 g/mol. The van der Waals surface area contributed by atoms with Crippen LogP contribution >= 0.6 is 0 Å². The summed E-state index contributed by atoms with van der Waals surface area (Å²) in [4.78, 5) is 41.5. The summed E-state index contributed by atoms with van der Waals surface area (Å²) < 4.78 is 12.8. The molecule has 3 N–H and O–H groups in total. The van der Waals surface area contributed by atoms with E-state index in [9.17, 15) is 14.4 Å². The lowest BCUT2D eigenvalue weighted by Gasteiger charge is -2.14. The van der Waals surface area contributed by atoms with Crippen LogP contribution in [0.15, 0.2) is 85.1 Å². The lowest BCUT2D eigenvalue weighted by Crippen LogP contribution is -2.31. The number of benzene rings is 3. The number of hydrogen-bond acceptors (Lipinski definition) is 7. The normalized spacial score (nSPS) is 11.2. The van der Waals surface area contributed by atoms with Crippen LogP contribution in [0.2, 0.25) is 0 Å². The first-order valence-corrected chi connectivity index (χ1v) is 15.3. The number of fused-ring (bicyclic) bond motifs is 1. The highest BCUT2D eigenvalue weighted by molar-refractivity contribution is 6.07. The molecule has 5 aromatic rings. The van der Waals surface area contributed by atoms with Gasteiger partial charge in [0.05, 0.1) is 35.8 Å². The molecule has 11 nitrogen and oxygen atoms in total. The Morgan fingerprint density at radius 1 is 0.894 bits per heavy atom. The third-order valence-corrected chi connectivity index (χ3v) is 7.22. The van der Waals surface area contributed by atoms with Gasteiger partial charge in [-0.05, 0) is 44.2 Å². The molecule has 0 fully saturated rings. The van der Waals surface area contributed by atoms with Crippen molar-refractivity contribution in [2.45, 2.75) is 46.5 Å². The minimum Gasteiger partial charge on any atom is -0.465 e. The molecule has 0 atom stereocenters. The largest absolute Gasteiger partial charge is 0.465 e. The molecule has 3 amide bonds. The Morgan fingerprint density at radius 3 is 2.36 bits per heavy atom. The zero-order valence-corrected chi connectivity index (χ0v) is 27.1. The van der Waals surface area contributed by atoms with Gasteiger partial charge in [0, 0.05) is 34.5 Å². The molecule has 47 heavy (non-hydrogen) atoms. The fraction of sp³-hybridized carbons (Fsp3) is 0.250. The Labute approximate surface area is 273 Å². The number of nitrogens with zero attached hydrogens (tertiary/aromatic N) is 3. The summed E-state index contributed by atoms with van der Waals surface area (Å²) in [5, 5.41) is 14.8. The van der Waals surface area contributed by atoms with Crippen LogP contribution in [0, 0.1) is 6.92 Å². The van der Waals surface area contributed by atoms with Crippen molar-refractivity contribution in [3.63, 3.8) is 0 Å². The molecular formula is C36H38N6O5. The summed E-state index contributed by atoms with van der Waals surface area (Å²) in [5.74, 6) is 0.720. The molecule has 0 unspecified atom stereocenters. The minimum absolute atomic E-state index is 0.0324. The van der Waals surface area contributed by atoms with Crippen molar-refractivity contribution in [3.05, 3.63) is 102 Å². The van der Waals surface area contributed by atoms with Gasteiger partial charge in [-0.2, -0.15) is 5.10 Å². The van der Waals surface area contributed by atoms with E-state index in [0.717, 1.165) is 27.7 Å². The second-order valence-electron chi connectivity index (χ2n) is 12.0. The summed E-state index contributed by atoms with van der Waals surface area (Å²) in [6.45, 7) is 9.99. The highest BCUT2D eigenvalue weighted by Gasteiger charge is 2.22. The van der Waals surface area contributed by atoms with Gasteiger partial charge in [0.15, 0.2) is 0 Å². The standard InChI is InChI=1S/C36H38N6O5/c1-6-46-34(44)22-38-33(43)20-24-19-26(17-18-37-24)47-30-16-15-29(27-9-7-8-10-28(27)30)39-35(45)40-32-21-31(36(3,4)5)41-42(32)25-13-11-23(2)12-14-25/h7-19,21H,6,20,22H2,1-5H3,(H,38,43)(H2,39,40,45). The van der Waals surface area contributed by atoms with Gasteiger partial charge in [0.25, 0.3) is 0 Å². The molecule has 0 saturated carbocycles. The van der Waals surface area contributed by atoms with Gasteiger partial charge in [0.1, 0.15) is 23.9 Å². The molecule has 3 aromatic carbocycles. The average Bonchev–Trinajstić information content (AvgIpc) is 3.46. The third-order valence-electron chi connectivity index (χ3n) is 7.22. The highest BCUT2D eigenvalue weighted by atomic mass is 16.5. The molecule has 0 aliphatic heterocycles. The number of amides is 3. The predicted octanol–water partition coefficient (Wildman–Crippen LogP) is 6.68. The topological polar surface area (TPSA) is 136 Å². The molecule has 2 aromatic heterocycles. The van der Waals surface area contributed by atoms with Gasteiger partial charge in [-0.15, -0.1) is 0 Å². The number of nitrogens with one attached hydrogen (secondary N) is 3. The first kappa shape index (κ1) is 32.7. The lowest BCUT2D eigenvalue weighted by atomic mass is 9.92. The van der Waals surface area contributed by atoms with E-state index >= 15 is 0 Å². The summed E-state index contributed by atoms with van der Waals surface area (Å²) >= 11 is 0. The Kier molecular flexibility index (Phi) is 9.84. The molecule has 5 rings (SSSR count). The quantitative estimate of drug-likeness (QED) is 0.146. The third kappa shape index (κ3) is 8.31. The van der Waals surface area contributed by atoms with Gasteiger partial charge >= 0.3 is 12.0 Å². The van der Waals surface area contributed by atoms with Crippen molar-refractivity contribution in [1.82, 2.24) is 20.1 Å². The molecule has 0 radical (unpaired) electrons.